The van der Waals surface area contributed by atoms with E-state index in [0.717, 1.165) is 44.1 Å². The predicted molar refractivity (Wildman–Crippen MR) is 93.3 cm³/mol. The van der Waals surface area contributed by atoms with Gasteiger partial charge < -0.3 is 9.55 Å². The van der Waals surface area contributed by atoms with Gasteiger partial charge in [-0.3, -0.25) is 4.90 Å². The largest absolute Gasteiger partial charge is 0.348 e. The SMILES string of the molecule is c1c[nH]c(CN2CCC(c3nnc(Cn4cncn4)n3C3CC3)CC2)n1. The Morgan fingerprint density at radius 3 is 2.65 bits per heavy atom. The predicted octanol–water partition coefficient (Wildman–Crippen LogP) is 1.36. The number of rotatable bonds is 6. The Bertz CT molecular complexity index is 824. The molecule has 5 rings (SSSR count). The zero-order valence-corrected chi connectivity index (χ0v) is 14.7. The van der Waals surface area contributed by atoms with Crippen LogP contribution in [0.25, 0.3) is 0 Å². The molecule has 0 radical (unpaired) electrons. The third-order valence-corrected chi connectivity index (χ3v) is 5.36. The highest BCUT2D eigenvalue weighted by atomic mass is 15.4. The molecule has 136 valence electrons. The lowest BCUT2D eigenvalue weighted by Gasteiger charge is -2.31. The molecule has 0 aromatic carbocycles. The zero-order chi connectivity index (χ0) is 17.3. The molecule has 0 bridgehead atoms. The number of aromatic amines is 1. The second kappa shape index (κ2) is 6.64. The lowest BCUT2D eigenvalue weighted by molar-refractivity contribution is 0.196. The summed E-state index contributed by atoms with van der Waals surface area (Å²) in [5, 5.41) is 13.3. The molecule has 3 aromatic rings. The van der Waals surface area contributed by atoms with E-state index in [2.05, 4.69) is 39.7 Å². The number of hydrogen-bond donors (Lipinski definition) is 1. The molecule has 0 unspecified atom stereocenters. The van der Waals surface area contributed by atoms with E-state index in [1.807, 2.05) is 17.1 Å². The summed E-state index contributed by atoms with van der Waals surface area (Å²) in [6, 6.07) is 0.569. The summed E-state index contributed by atoms with van der Waals surface area (Å²) in [5.41, 5.74) is 0. The molecule has 1 N–H and O–H groups in total. The number of likely N-dealkylation sites (tertiary alicyclic amines) is 1. The van der Waals surface area contributed by atoms with E-state index in [4.69, 9.17) is 0 Å². The highest BCUT2D eigenvalue weighted by Crippen LogP contribution is 2.40. The van der Waals surface area contributed by atoms with Crippen molar-refractivity contribution in [1.29, 1.82) is 0 Å². The molecule has 1 aliphatic heterocycles. The van der Waals surface area contributed by atoms with E-state index >= 15 is 0 Å². The fraction of sp³-hybridized carbons (Fsp3) is 0.588. The Kier molecular flexibility index (Phi) is 4.00. The summed E-state index contributed by atoms with van der Waals surface area (Å²) >= 11 is 0. The van der Waals surface area contributed by atoms with Crippen LogP contribution in [0.15, 0.2) is 25.0 Å². The molecule has 2 aliphatic rings. The third kappa shape index (κ3) is 3.14. The van der Waals surface area contributed by atoms with Crippen LogP contribution >= 0.6 is 0 Å². The van der Waals surface area contributed by atoms with Crippen LogP contribution in [0.2, 0.25) is 0 Å². The molecule has 0 atom stereocenters. The monoisotopic (exact) mass is 353 g/mol. The summed E-state index contributed by atoms with van der Waals surface area (Å²) in [4.78, 5) is 14.0. The highest BCUT2D eigenvalue weighted by molar-refractivity contribution is 5.09. The van der Waals surface area contributed by atoms with Gasteiger partial charge >= 0.3 is 0 Å². The number of H-pyrrole nitrogens is 1. The second-order valence-electron chi connectivity index (χ2n) is 7.25. The molecule has 1 saturated carbocycles. The van der Waals surface area contributed by atoms with Crippen LogP contribution in [0.5, 0.6) is 0 Å². The fourth-order valence-corrected chi connectivity index (χ4v) is 3.86. The Morgan fingerprint density at radius 2 is 1.96 bits per heavy atom. The van der Waals surface area contributed by atoms with Gasteiger partial charge in [-0.15, -0.1) is 10.2 Å². The molecule has 1 saturated heterocycles. The van der Waals surface area contributed by atoms with Crippen molar-refractivity contribution in [2.24, 2.45) is 0 Å². The van der Waals surface area contributed by atoms with Gasteiger partial charge in [-0.25, -0.2) is 14.6 Å². The summed E-state index contributed by atoms with van der Waals surface area (Å²) < 4.78 is 4.20. The van der Waals surface area contributed by atoms with E-state index in [1.54, 1.807) is 12.7 Å². The average molecular weight is 353 g/mol. The minimum atomic E-state index is 0.487. The molecule has 0 amide bonds. The van der Waals surface area contributed by atoms with Gasteiger partial charge in [0.25, 0.3) is 0 Å². The van der Waals surface area contributed by atoms with Crippen molar-refractivity contribution in [2.45, 2.75) is 50.7 Å². The Hall–Kier alpha value is -2.55. The van der Waals surface area contributed by atoms with E-state index in [-0.39, 0.29) is 0 Å². The number of piperidine rings is 1. The van der Waals surface area contributed by atoms with Crippen LogP contribution in [-0.4, -0.2) is 57.5 Å². The van der Waals surface area contributed by atoms with Gasteiger partial charge in [0.2, 0.25) is 0 Å². The van der Waals surface area contributed by atoms with Crippen LogP contribution < -0.4 is 0 Å². The second-order valence-corrected chi connectivity index (χ2v) is 7.25. The molecular weight excluding hydrogens is 330 g/mol. The van der Waals surface area contributed by atoms with Gasteiger partial charge in [-0.05, 0) is 38.8 Å². The molecule has 0 spiro atoms. The number of nitrogens with zero attached hydrogens (tertiary/aromatic N) is 8. The van der Waals surface area contributed by atoms with Gasteiger partial charge in [0.1, 0.15) is 30.8 Å². The maximum absolute atomic E-state index is 4.60. The standard InChI is InChI=1S/C17H23N9/c1-2-14(1)26-16(10-25-12-18-11-21-25)22-23-17(26)13-3-7-24(8-4-13)9-15-19-5-6-20-15/h5-6,11-14H,1-4,7-10H2,(H,19,20). The highest BCUT2D eigenvalue weighted by Gasteiger charge is 2.33. The van der Waals surface area contributed by atoms with Gasteiger partial charge in [0.15, 0.2) is 5.82 Å². The third-order valence-electron chi connectivity index (χ3n) is 5.36. The fourth-order valence-electron chi connectivity index (χ4n) is 3.86. The number of nitrogens with one attached hydrogen (secondary N) is 1. The van der Waals surface area contributed by atoms with Crippen molar-refractivity contribution in [3.8, 4) is 0 Å². The lowest BCUT2D eigenvalue weighted by Crippen LogP contribution is -2.33. The first-order valence-electron chi connectivity index (χ1n) is 9.33. The van der Waals surface area contributed by atoms with Gasteiger partial charge in [-0.2, -0.15) is 5.10 Å². The maximum atomic E-state index is 4.60. The van der Waals surface area contributed by atoms with Crippen LogP contribution in [0.4, 0.5) is 0 Å². The molecular formula is C17H23N9. The summed E-state index contributed by atoms with van der Waals surface area (Å²) in [6.45, 7) is 3.68. The van der Waals surface area contributed by atoms with Crippen molar-refractivity contribution in [1.82, 2.24) is 44.4 Å². The van der Waals surface area contributed by atoms with E-state index in [1.165, 1.54) is 18.7 Å². The molecule has 1 aliphatic carbocycles. The first-order valence-corrected chi connectivity index (χ1v) is 9.33. The summed E-state index contributed by atoms with van der Waals surface area (Å²) in [6.07, 6.45) is 11.7. The van der Waals surface area contributed by atoms with Gasteiger partial charge in [-0.1, -0.05) is 0 Å². The van der Waals surface area contributed by atoms with Crippen LogP contribution in [0.1, 0.15) is 55.1 Å². The van der Waals surface area contributed by atoms with Crippen LogP contribution in [0.3, 0.4) is 0 Å². The van der Waals surface area contributed by atoms with E-state index in [9.17, 15) is 0 Å². The minimum Gasteiger partial charge on any atom is -0.348 e. The summed E-state index contributed by atoms with van der Waals surface area (Å²) in [5.74, 6) is 3.70. The molecule has 3 aromatic heterocycles. The molecule has 2 fully saturated rings. The topological polar surface area (TPSA) is 93.3 Å². The van der Waals surface area contributed by atoms with E-state index in [0.29, 0.717) is 18.5 Å². The number of hydrogen-bond acceptors (Lipinski definition) is 6. The first kappa shape index (κ1) is 15.7. The van der Waals surface area contributed by atoms with E-state index < -0.39 is 0 Å². The van der Waals surface area contributed by atoms with Crippen LogP contribution in [0, 0.1) is 0 Å². The average Bonchev–Trinajstić information content (AvgIpc) is 3.07. The van der Waals surface area contributed by atoms with Crippen molar-refractivity contribution < 1.29 is 0 Å². The van der Waals surface area contributed by atoms with Crippen molar-refractivity contribution in [3.63, 3.8) is 0 Å². The van der Waals surface area contributed by atoms with Crippen molar-refractivity contribution in [3.05, 3.63) is 42.5 Å². The Balaban J connectivity index is 1.29. The van der Waals surface area contributed by atoms with Crippen LogP contribution in [-0.2, 0) is 13.1 Å². The minimum absolute atomic E-state index is 0.487. The molecule has 4 heterocycles. The maximum Gasteiger partial charge on any atom is 0.155 e. The zero-order valence-electron chi connectivity index (χ0n) is 14.7. The molecule has 9 nitrogen and oxygen atoms in total. The van der Waals surface area contributed by atoms with Gasteiger partial charge in [0, 0.05) is 24.4 Å². The van der Waals surface area contributed by atoms with Gasteiger partial charge in [0.05, 0.1) is 6.54 Å². The quantitative estimate of drug-likeness (QED) is 0.719. The Morgan fingerprint density at radius 1 is 1.08 bits per heavy atom. The number of aromatic nitrogens is 8. The molecule has 26 heavy (non-hydrogen) atoms. The lowest BCUT2D eigenvalue weighted by atomic mass is 9.96. The normalized spacial score (nSPS) is 19.2. The Labute approximate surface area is 151 Å². The van der Waals surface area contributed by atoms with Crippen molar-refractivity contribution >= 4 is 0 Å². The first-order chi connectivity index (χ1) is 12.9. The molecule has 9 heteroatoms. The van der Waals surface area contributed by atoms with Crippen molar-refractivity contribution in [2.75, 3.05) is 13.1 Å². The summed E-state index contributed by atoms with van der Waals surface area (Å²) in [7, 11) is 0. The smallest absolute Gasteiger partial charge is 0.155 e. The number of imidazole rings is 1.